The monoisotopic (exact) mass is 580 g/mol. The molecule has 0 bridgehead atoms. The molecule has 0 aliphatic heterocycles. The minimum atomic E-state index is 0.256. The molecule has 0 aromatic rings. The first kappa shape index (κ1) is 40.4. The zero-order valence-electron chi connectivity index (χ0n) is 28.8. The molecule has 41 heavy (non-hydrogen) atoms. The molecule has 0 aromatic carbocycles. The van der Waals surface area contributed by atoms with E-state index in [2.05, 4.69) is 24.5 Å². The molecule has 0 spiro atoms. The number of hydrogen-bond acceptors (Lipinski definition) is 1. The van der Waals surface area contributed by atoms with E-state index in [9.17, 15) is 4.79 Å². The van der Waals surface area contributed by atoms with Gasteiger partial charge in [-0.15, -0.1) is 0 Å². The smallest absolute Gasteiger partial charge is 0.277 e. The van der Waals surface area contributed by atoms with Gasteiger partial charge in [0.25, 0.3) is 5.91 Å². The maximum atomic E-state index is 12.4. The van der Waals surface area contributed by atoms with Crippen LogP contribution in [0.5, 0.6) is 0 Å². The van der Waals surface area contributed by atoms with E-state index in [1.165, 1.54) is 205 Å². The van der Waals surface area contributed by atoms with Gasteiger partial charge in [0.05, 0.1) is 0 Å². The van der Waals surface area contributed by atoms with Crippen molar-refractivity contribution in [1.82, 2.24) is 4.90 Å². The van der Waals surface area contributed by atoms with Crippen LogP contribution in [0.2, 0.25) is 0 Å². The van der Waals surface area contributed by atoms with E-state index in [1.807, 2.05) is 0 Å². The molecule has 0 aliphatic carbocycles. The second-order valence-electron chi connectivity index (χ2n) is 13.2. The summed E-state index contributed by atoms with van der Waals surface area (Å²) >= 11 is 0. The van der Waals surface area contributed by atoms with E-state index >= 15 is 0 Å². The van der Waals surface area contributed by atoms with E-state index in [0.29, 0.717) is 6.54 Å². The van der Waals surface area contributed by atoms with Crippen molar-refractivity contribution in [2.75, 3.05) is 19.6 Å². The van der Waals surface area contributed by atoms with Crippen LogP contribution in [0.25, 0.3) is 0 Å². The van der Waals surface area contributed by atoms with Crippen molar-refractivity contribution in [3.8, 4) is 0 Å². The van der Waals surface area contributed by atoms with Crippen LogP contribution in [0.1, 0.15) is 219 Å². The van der Waals surface area contributed by atoms with Crippen molar-refractivity contribution in [3.05, 3.63) is 0 Å². The minimum absolute atomic E-state index is 0.256. The molecule has 3 heteroatoms. The van der Waals surface area contributed by atoms with Crippen LogP contribution < -0.4 is 5.73 Å². The zero-order chi connectivity index (χ0) is 29.9. The summed E-state index contributed by atoms with van der Waals surface area (Å²) in [5.74, 6) is 0.256. The first-order chi connectivity index (χ1) is 20.3. The number of unbranched alkanes of at least 4 members (excludes halogenated alkanes) is 30. The average Bonchev–Trinajstić information content (AvgIpc) is 2.99. The van der Waals surface area contributed by atoms with Crippen molar-refractivity contribution in [1.29, 1.82) is 0 Å². The molecule has 0 fully saturated rings. The summed E-state index contributed by atoms with van der Waals surface area (Å²) in [6.07, 6.45) is 44.7. The number of nitrogens with zero attached hydrogens (tertiary/aromatic N) is 1. The van der Waals surface area contributed by atoms with Gasteiger partial charge in [-0.1, -0.05) is 206 Å². The summed E-state index contributed by atoms with van der Waals surface area (Å²) in [7, 11) is 0. The molecule has 0 rings (SSSR count). The summed E-state index contributed by atoms with van der Waals surface area (Å²) in [6, 6.07) is 0. The Morgan fingerprint density at radius 1 is 0.366 bits per heavy atom. The highest BCUT2D eigenvalue weighted by Gasteiger charge is 2.12. The fraction of sp³-hybridized carbons (Fsp3) is 0.974. The predicted molar refractivity (Wildman–Crippen MR) is 183 cm³/mol. The third-order valence-electron chi connectivity index (χ3n) is 9.13. The van der Waals surface area contributed by atoms with Crippen LogP contribution in [0.4, 0.5) is 0 Å². The van der Waals surface area contributed by atoms with Crippen LogP contribution >= 0.6 is 0 Å². The van der Waals surface area contributed by atoms with Crippen molar-refractivity contribution < 1.29 is 10.5 Å². The number of quaternary nitrogens is 1. The van der Waals surface area contributed by atoms with Gasteiger partial charge in [0, 0.05) is 13.1 Å². The van der Waals surface area contributed by atoms with Gasteiger partial charge in [0.2, 0.25) is 0 Å². The van der Waals surface area contributed by atoms with Crippen molar-refractivity contribution in [2.24, 2.45) is 0 Å². The van der Waals surface area contributed by atoms with Gasteiger partial charge in [-0.25, -0.2) is 0 Å². The summed E-state index contributed by atoms with van der Waals surface area (Å²) < 4.78 is 0. The highest BCUT2D eigenvalue weighted by atomic mass is 16.2. The third-order valence-corrected chi connectivity index (χ3v) is 9.13. The van der Waals surface area contributed by atoms with Crippen molar-refractivity contribution in [3.63, 3.8) is 0 Å². The lowest BCUT2D eigenvalue weighted by atomic mass is 10.0. The molecule has 3 nitrogen and oxygen atoms in total. The minimum Gasteiger partial charge on any atom is -0.350 e. The summed E-state index contributed by atoms with van der Waals surface area (Å²) in [6.45, 7) is 6.91. The average molecular weight is 580 g/mol. The highest BCUT2D eigenvalue weighted by Crippen LogP contribution is 2.15. The van der Waals surface area contributed by atoms with E-state index in [0.717, 1.165) is 13.1 Å². The first-order valence-electron chi connectivity index (χ1n) is 19.3. The maximum absolute atomic E-state index is 12.4. The van der Waals surface area contributed by atoms with E-state index < -0.39 is 0 Å². The molecule has 0 atom stereocenters. The lowest BCUT2D eigenvalue weighted by Crippen LogP contribution is -2.58. The van der Waals surface area contributed by atoms with Crippen molar-refractivity contribution in [2.45, 2.75) is 219 Å². The van der Waals surface area contributed by atoms with E-state index in [4.69, 9.17) is 0 Å². The second kappa shape index (κ2) is 35.6. The van der Waals surface area contributed by atoms with Crippen LogP contribution in [0, 0.1) is 0 Å². The van der Waals surface area contributed by atoms with Gasteiger partial charge < -0.3 is 10.6 Å². The van der Waals surface area contributed by atoms with Gasteiger partial charge >= 0.3 is 0 Å². The molecule has 0 aromatic heterocycles. The van der Waals surface area contributed by atoms with Gasteiger partial charge in [-0.05, 0) is 12.8 Å². The Hall–Kier alpha value is -0.570. The molecule has 246 valence electrons. The second-order valence-corrected chi connectivity index (χ2v) is 13.2. The fourth-order valence-electron chi connectivity index (χ4n) is 6.22. The third kappa shape index (κ3) is 32.2. The molecule has 0 heterocycles. The molecule has 1 amide bonds. The van der Waals surface area contributed by atoms with Gasteiger partial charge in [-0.3, -0.25) is 4.79 Å². The molecule has 0 saturated carbocycles. The van der Waals surface area contributed by atoms with Gasteiger partial charge in [0.15, 0.2) is 6.54 Å². The SMILES string of the molecule is CCCCCCCCCCCCCCCCCCN(CCCCCCCCCCCCCCCCCC)C(=O)C[NH3+]. The normalized spacial score (nSPS) is 11.4. The van der Waals surface area contributed by atoms with Crippen LogP contribution in [0.3, 0.4) is 0 Å². The lowest BCUT2D eigenvalue weighted by molar-refractivity contribution is -0.357. The summed E-state index contributed by atoms with van der Waals surface area (Å²) in [5, 5.41) is 0. The molecule has 0 unspecified atom stereocenters. The molecular formula is C38H79N2O+. The number of carbonyl (C=O) groups is 1. The molecule has 0 aliphatic rings. The van der Waals surface area contributed by atoms with Crippen LogP contribution in [-0.2, 0) is 4.79 Å². The number of carbonyl (C=O) groups excluding carboxylic acids is 1. The Kier molecular flexibility index (Phi) is 35.1. The molecule has 0 saturated heterocycles. The number of rotatable bonds is 35. The van der Waals surface area contributed by atoms with E-state index in [-0.39, 0.29) is 5.91 Å². The van der Waals surface area contributed by atoms with Crippen LogP contribution in [0.15, 0.2) is 0 Å². The Bertz CT molecular complexity index is 459. The Balaban J connectivity index is 3.48. The largest absolute Gasteiger partial charge is 0.350 e. The van der Waals surface area contributed by atoms with Gasteiger partial charge in [-0.2, -0.15) is 0 Å². The Morgan fingerprint density at radius 2 is 0.561 bits per heavy atom. The van der Waals surface area contributed by atoms with Crippen molar-refractivity contribution >= 4 is 5.91 Å². The molecule has 0 radical (unpaired) electrons. The zero-order valence-corrected chi connectivity index (χ0v) is 28.8. The van der Waals surface area contributed by atoms with Crippen LogP contribution in [-0.4, -0.2) is 30.4 Å². The summed E-state index contributed by atoms with van der Waals surface area (Å²) in [5.41, 5.74) is 3.86. The topological polar surface area (TPSA) is 48.0 Å². The molecular weight excluding hydrogens is 500 g/mol. The molecule has 3 N–H and O–H groups in total. The predicted octanol–water partition coefficient (Wildman–Crippen LogP) is 11.6. The highest BCUT2D eigenvalue weighted by molar-refractivity contribution is 5.76. The van der Waals surface area contributed by atoms with E-state index in [1.54, 1.807) is 0 Å². The maximum Gasteiger partial charge on any atom is 0.277 e. The Morgan fingerprint density at radius 3 is 0.756 bits per heavy atom. The first-order valence-corrected chi connectivity index (χ1v) is 19.3. The standard InChI is InChI=1S/C38H78N2O/c1-3-5-7-9-11-13-15-17-19-21-23-25-27-29-31-33-35-40(38(41)37-39)36-34-32-30-28-26-24-22-20-18-16-14-12-10-8-6-4-2/h3-37,39H2,1-2H3/p+1. The fourth-order valence-corrected chi connectivity index (χ4v) is 6.22. The quantitative estimate of drug-likeness (QED) is 0.0746. The summed E-state index contributed by atoms with van der Waals surface area (Å²) in [4.78, 5) is 14.5. The lowest BCUT2D eigenvalue weighted by Gasteiger charge is -2.21. The number of hydrogen-bond donors (Lipinski definition) is 1. The van der Waals surface area contributed by atoms with Gasteiger partial charge in [0.1, 0.15) is 0 Å². The number of amides is 1. The Labute approximate surface area is 260 Å².